The number of hydrogen-bond acceptors (Lipinski definition) is 4. The van der Waals surface area contributed by atoms with Crippen LogP contribution < -0.4 is 13.6 Å². The van der Waals surface area contributed by atoms with Crippen LogP contribution in [0.15, 0.2) is 84.9 Å². The molecular formula is C27H27O4P. The van der Waals surface area contributed by atoms with E-state index in [1.807, 2.05) is 74.5 Å². The standard InChI is InChI=1S/C27H27O4P/c1-19(2)22-13-15-24(16-14-22)29-32(28,30-26-17-12-20(3)18-21(26)4)31-27-11-7-9-23-8-5-6-10-25(23)27/h5-19H,1-4H3. The van der Waals surface area contributed by atoms with Crippen LogP contribution in [0.25, 0.3) is 10.8 Å². The van der Waals surface area contributed by atoms with E-state index in [-0.39, 0.29) is 0 Å². The Labute approximate surface area is 189 Å². The van der Waals surface area contributed by atoms with Crippen molar-refractivity contribution in [2.75, 3.05) is 0 Å². The minimum Gasteiger partial charge on any atom is -0.386 e. The predicted molar refractivity (Wildman–Crippen MR) is 130 cm³/mol. The van der Waals surface area contributed by atoms with Gasteiger partial charge >= 0.3 is 7.82 Å². The summed E-state index contributed by atoms with van der Waals surface area (Å²) in [5, 5.41) is 1.81. The molecule has 0 radical (unpaired) electrons. The summed E-state index contributed by atoms with van der Waals surface area (Å²) in [6.45, 7) is 8.14. The Hall–Kier alpha value is -3.23. The van der Waals surface area contributed by atoms with Crippen molar-refractivity contribution < 1.29 is 18.1 Å². The molecule has 4 aromatic rings. The molecule has 1 atom stereocenters. The van der Waals surface area contributed by atoms with E-state index in [0.717, 1.165) is 27.5 Å². The van der Waals surface area contributed by atoms with E-state index in [1.54, 1.807) is 24.3 Å². The Kier molecular flexibility index (Phi) is 6.25. The van der Waals surface area contributed by atoms with Crippen molar-refractivity contribution in [3.63, 3.8) is 0 Å². The molecule has 0 bridgehead atoms. The first-order chi connectivity index (χ1) is 15.3. The first kappa shape index (κ1) is 22.0. The second-order valence-electron chi connectivity index (χ2n) is 8.19. The minimum atomic E-state index is -4.07. The largest absolute Gasteiger partial charge is 0.647 e. The molecule has 0 amide bonds. The summed E-state index contributed by atoms with van der Waals surface area (Å²) in [5.41, 5.74) is 3.10. The molecule has 0 heterocycles. The molecular weight excluding hydrogens is 419 g/mol. The molecule has 32 heavy (non-hydrogen) atoms. The summed E-state index contributed by atoms with van der Waals surface area (Å²) in [5.74, 6) is 1.70. The molecule has 5 heteroatoms. The van der Waals surface area contributed by atoms with Gasteiger partial charge in [0.05, 0.1) is 0 Å². The molecule has 0 saturated heterocycles. The third-order valence-corrected chi connectivity index (χ3v) is 6.54. The highest BCUT2D eigenvalue weighted by molar-refractivity contribution is 7.49. The maximum absolute atomic E-state index is 14.0. The van der Waals surface area contributed by atoms with Crippen LogP contribution in [0, 0.1) is 13.8 Å². The van der Waals surface area contributed by atoms with Crippen LogP contribution in [0.1, 0.15) is 36.5 Å². The Bertz CT molecular complexity index is 1270. The van der Waals surface area contributed by atoms with Gasteiger partial charge in [-0.2, -0.15) is 4.57 Å². The second kappa shape index (κ2) is 9.10. The van der Waals surface area contributed by atoms with Crippen molar-refractivity contribution >= 4 is 18.6 Å². The van der Waals surface area contributed by atoms with E-state index >= 15 is 0 Å². The Balaban J connectivity index is 1.72. The van der Waals surface area contributed by atoms with E-state index in [1.165, 1.54) is 0 Å². The van der Waals surface area contributed by atoms with Crippen molar-refractivity contribution in [1.29, 1.82) is 0 Å². The molecule has 4 nitrogen and oxygen atoms in total. The summed E-state index contributed by atoms with van der Waals surface area (Å²) < 4.78 is 31.8. The zero-order valence-corrected chi connectivity index (χ0v) is 19.6. The number of rotatable bonds is 7. The molecule has 1 unspecified atom stereocenters. The van der Waals surface area contributed by atoms with Gasteiger partial charge in [0.1, 0.15) is 17.2 Å². The van der Waals surface area contributed by atoms with Gasteiger partial charge in [-0.15, -0.1) is 0 Å². The third-order valence-electron chi connectivity index (χ3n) is 5.26. The van der Waals surface area contributed by atoms with E-state index in [0.29, 0.717) is 23.2 Å². The lowest BCUT2D eigenvalue weighted by atomic mass is 10.0. The first-order valence-corrected chi connectivity index (χ1v) is 12.1. The van der Waals surface area contributed by atoms with Crippen molar-refractivity contribution in [2.45, 2.75) is 33.6 Å². The summed E-state index contributed by atoms with van der Waals surface area (Å²) in [6, 6.07) is 26.5. The van der Waals surface area contributed by atoms with Crippen LogP contribution in [-0.2, 0) is 4.57 Å². The summed E-state index contributed by atoms with van der Waals surface area (Å²) in [7, 11) is -4.07. The highest BCUT2D eigenvalue weighted by atomic mass is 31.2. The van der Waals surface area contributed by atoms with Gasteiger partial charge in [-0.3, -0.25) is 0 Å². The van der Waals surface area contributed by atoms with Gasteiger partial charge in [0.15, 0.2) is 0 Å². The normalized spacial score (nSPS) is 13.0. The Morgan fingerprint density at radius 1 is 0.719 bits per heavy atom. The topological polar surface area (TPSA) is 44.8 Å². The van der Waals surface area contributed by atoms with Gasteiger partial charge in [-0.1, -0.05) is 80.1 Å². The van der Waals surface area contributed by atoms with Crippen molar-refractivity contribution in [2.24, 2.45) is 0 Å². The van der Waals surface area contributed by atoms with E-state index in [9.17, 15) is 4.57 Å². The fourth-order valence-corrected chi connectivity index (χ4v) is 4.85. The predicted octanol–water partition coefficient (Wildman–Crippen LogP) is 8.22. The Morgan fingerprint density at radius 2 is 1.41 bits per heavy atom. The van der Waals surface area contributed by atoms with E-state index < -0.39 is 7.82 Å². The molecule has 164 valence electrons. The van der Waals surface area contributed by atoms with Crippen LogP contribution in [0.4, 0.5) is 0 Å². The van der Waals surface area contributed by atoms with Gasteiger partial charge in [0.25, 0.3) is 0 Å². The lowest BCUT2D eigenvalue weighted by molar-refractivity contribution is 0.299. The first-order valence-electron chi connectivity index (χ1n) is 10.7. The summed E-state index contributed by atoms with van der Waals surface area (Å²) >= 11 is 0. The molecule has 0 aromatic heterocycles. The number of fused-ring (bicyclic) bond motifs is 1. The van der Waals surface area contributed by atoms with Gasteiger partial charge in [-0.05, 0) is 60.5 Å². The summed E-state index contributed by atoms with van der Waals surface area (Å²) in [4.78, 5) is 0. The smallest absolute Gasteiger partial charge is 0.386 e. The molecule has 0 spiro atoms. The highest BCUT2D eigenvalue weighted by Gasteiger charge is 2.34. The van der Waals surface area contributed by atoms with Gasteiger partial charge < -0.3 is 13.6 Å². The lowest BCUT2D eigenvalue weighted by Crippen LogP contribution is -2.08. The van der Waals surface area contributed by atoms with Gasteiger partial charge in [-0.25, -0.2) is 0 Å². The monoisotopic (exact) mass is 446 g/mol. The van der Waals surface area contributed by atoms with Crippen LogP contribution in [0.5, 0.6) is 17.2 Å². The fraction of sp³-hybridized carbons (Fsp3) is 0.185. The maximum atomic E-state index is 14.0. The Morgan fingerprint density at radius 3 is 2.12 bits per heavy atom. The quantitative estimate of drug-likeness (QED) is 0.268. The van der Waals surface area contributed by atoms with Crippen molar-refractivity contribution in [3.8, 4) is 17.2 Å². The van der Waals surface area contributed by atoms with Crippen LogP contribution in [0.3, 0.4) is 0 Å². The average Bonchev–Trinajstić information content (AvgIpc) is 2.76. The molecule has 0 N–H and O–H groups in total. The number of benzene rings is 4. The molecule has 0 aliphatic carbocycles. The zero-order chi connectivity index (χ0) is 22.7. The molecule has 4 rings (SSSR count). The van der Waals surface area contributed by atoms with E-state index in [4.69, 9.17) is 13.6 Å². The van der Waals surface area contributed by atoms with Crippen molar-refractivity contribution in [1.82, 2.24) is 0 Å². The summed E-state index contributed by atoms with van der Waals surface area (Å²) in [6.07, 6.45) is 0. The van der Waals surface area contributed by atoms with Crippen LogP contribution >= 0.6 is 7.82 Å². The van der Waals surface area contributed by atoms with Gasteiger partial charge in [0.2, 0.25) is 0 Å². The SMILES string of the molecule is Cc1ccc(OP(=O)(Oc2ccc(C(C)C)cc2)Oc2cccc3ccccc23)c(C)c1. The molecule has 0 aliphatic rings. The third kappa shape index (κ3) is 4.98. The number of phosphoric acid groups is 1. The zero-order valence-electron chi connectivity index (χ0n) is 18.7. The number of hydrogen-bond donors (Lipinski definition) is 0. The average molecular weight is 446 g/mol. The lowest BCUT2D eigenvalue weighted by Gasteiger charge is -2.21. The molecule has 0 saturated carbocycles. The second-order valence-corrected chi connectivity index (χ2v) is 9.63. The molecule has 0 aliphatic heterocycles. The molecule has 0 fully saturated rings. The van der Waals surface area contributed by atoms with Crippen LogP contribution in [-0.4, -0.2) is 0 Å². The minimum absolute atomic E-state index is 0.384. The highest BCUT2D eigenvalue weighted by Crippen LogP contribution is 2.51. The van der Waals surface area contributed by atoms with Crippen LogP contribution in [0.2, 0.25) is 0 Å². The number of aryl methyl sites for hydroxylation is 2. The van der Waals surface area contributed by atoms with Gasteiger partial charge in [0, 0.05) is 5.39 Å². The molecule has 4 aromatic carbocycles. The number of phosphoric ester groups is 1. The maximum Gasteiger partial charge on any atom is 0.647 e. The van der Waals surface area contributed by atoms with Crippen molar-refractivity contribution in [3.05, 3.63) is 102 Å². The van der Waals surface area contributed by atoms with E-state index in [2.05, 4.69) is 13.8 Å². The fourth-order valence-electron chi connectivity index (χ4n) is 3.52.